The second-order valence-electron chi connectivity index (χ2n) is 3.39. The fraction of sp³-hybridized carbons (Fsp3) is 0.875. The Labute approximate surface area is 77.9 Å². The van der Waals surface area contributed by atoms with Crippen molar-refractivity contribution < 1.29 is 9.90 Å². The first-order valence-electron chi connectivity index (χ1n) is 4.61. The van der Waals surface area contributed by atoms with Crippen LogP contribution in [0, 0.1) is 0 Å². The van der Waals surface area contributed by atoms with E-state index < -0.39 is 6.10 Å². The molecular weight excluding hydrogens is 170 g/mol. The lowest BCUT2D eigenvalue weighted by Crippen LogP contribution is -2.44. The Morgan fingerprint density at radius 3 is 3.08 bits per heavy atom. The summed E-state index contributed by atoms with van der Waals surface area (Å²) in [6, 6.07) is 0.0311. The van der Waals surface area contributed by atoms with Crippen molar-refractivity contribution in [1.29, 1.82) is 0 Å². The van der Waals surface area contributed by atoms with E-state index in [1.54, 1.807) is 6.92 Å². The average molecular weight is 187 g/mol. The number of amides is 2. The lowest BCUT2D eigenvalue weighted by Gasteiger charge is -2.13. The molecule has 0 aromatic carbocycles. The standard InChI is InChI=1S/C8H17N3O2/c1-6(12)4-10-8(13)11-7-2-3-9-5-7/h6-7,9,12H,2-5H2,1H3,(H2,10,11,13). The minimum atomic E-state index is -0.493. The highest BCUT2D eigenvalue weighted by atomic mass is 16.3. The number of hydrogen-bond donors (Lipinski definition) is 4. The highest BCUT2D eigenvalue weighted by Crippen LogP contribution is 1.95. The fourth-order valence-corrected chi connectivity index (χ4v) is 1.25. The van der Waals surface area contributed by atoms with E-state index in [1.807, 2.05) is 0 Å². The van der Waals surface area contributed by atoms with Crippen molar-refractivity contribution in [2.24, 2.45) is 0 Å². The number of carbonyl (C=O) groups excluding carboxylic acids is 1. The molecule has 2 unspecified atom stereocenters. The van der Waals surface area contributed by atoms with E-state index >= 15 is 0 Å². The number of aliphatic hydroxyl groups is 1. The molecule has 0 saturated carbocycles. The van der Waals surface area contributed by atoms with Crippen molar-refractivity contribution in [2.75, 3.05) is 19.6 Å². The molecule has 0 aromatic heterocycles. The van der Waals surface area contributed by atoms with Crippen LogP contribution in [0.25, 0.3) is 0 Å². The Morgan fingerprint density at radius 1 is 1.77 bits per heavy atom. The van der Waals surface area contributed by atoms with E-state index in [2.05, 4.69) is 16.0 Å². The molecule has 1 rings (SSSR count). The maximum absolute atomic E-state index is 11.1. The Morgan fingerprint density at radius 2 is 2.54 bits per heavy atom. The molecule has 0 aromatic rings. The van der Waals surface area contributed by atoms with Gasteiger partial charge in [0.1, 0.15) is 0 Å². The van der Waals surface area contributed by atoms with Gasteiger partial charge in [-0.2, -0.15) is 0 Å². The summed E-state index contributed by atoms with van der Waals surface area (Å²) in [5.74, 6) is 0. The van der Waals surface area contributed by atoms with Gasteiger partial charge in [0.05, 0.1) is 6.10 Å². The van der Waals surface area contributed by atoms with Crippen LogP contribution in [0.5, 0.6) is 0 Å². The molecule has 2 amide bonds. The van der Waals surface area contributed by atoms with Crippen LogP contribution in [-0.2, 0) is 0 Å². The summed E-state index contributed by atoms with van der Waals surface area (Å²) in [5.41, 5.74) is 0. The monoisotopic (exact) mass is 187 g/mol. The second-order valence-corrected chi connectivity index (χ2v) is 3.39. The molecule has 1 fully saturated rings. The number of rotatable bonds is 3. The molecule has 0 spiro atoms. The van der Waals surface area contributed by atoms with Crippen molar-refractivity contribution in [3.8, 4) is 0 Å². The van der Waals surface area contributed by atoms with Gasteiger partial charge in [0, 0.05) is 19.1 Å². The SMILES string of the molecule is CC(O)CNC(=O)NC1CCNC1. The average Bonchev–Trinajstić information content (AvgIpc) is 2.53. The van der Waals surface area contributed by atoms with Crippen molar-refractivity contribution in [2.45, 2.75) is 25.5 Å². The van der Waals surface area contributed by atoms with E-state index in [-0.39, 0.29) is 12.1 Å². The molecule has 5 nitrogen and oxygen atoms in total. The summed E-state index contributed by atoms with van der Waals surface area (Å²) in [4.78, 5) is 11.1. The molecule has 1 aliphatic rings. The van der Waals surface area contributed by atoms with Gasteiger partial charge in [-0.1, -0.05) is 0 Å². The van der Waals surface area contributed by atoms with Crippen LogP contribution in [0.4, 0.5) is 4.79 Å². The van der Waals surface area contributed by atoms with Gasteiger partial charge in [-0.25, -0.2) is 4.79 Å². The van der Waals surface area contributed by atoms with Gasteiger partial charge in [0.2, 0.25) is 0 Å². The zero-order valence-corrected chi connectivity index (χ0v) is 7.84. The van der Waals surface area contributed by atoms with Gasteiger partial charge >= 0.3 is 6.03 Å². The van der Waals surface area contributed by atoms with Crippen LogP contribution in [0.15, 0.2) is 0 Å². The largest absolute Gasteiger partial charge is 0.392 e. The highest BCUT2D eigenvalue weighted by molar-refractivity contribution is 5.74. The summed E-state index contributed by atoms with van der Waals surface area (Å²) in [7, 11) is 0. The molecule has 1 heterocycles. The summed E-state index contributed by atoms with van der Waals surface area (Å²) < 4.78 is 0. The van der Waals surface area contributed by atoms with Crippen molar-refractivity contribution >= 4 is 6.03 Å². The number of urea groups is 1. The normalized spacial score (nSPS) is 24.0. The molecule has 4 N–H and O–H groups in total. The van der Waals surface area contributed by atoms with Crippen molar-refractivity contribution in [3.05, 3.63) is 0 Å². The zero-order valence-electron chi connectivity index (χ0n) is 7.84. The first kappa shape index (κ1) is 10.3. The molecule has 5 heteroatoms. The van der Waals surface area contributed by atoms with E-state index in [0.717, 1.165) is 19.5 Å². The first-order chi connectivity index (χ1) is 6.18. The highest BCUT2D eigenvalue weighted by Gasteiger charge is 2.16. The lowest BCUT2D eigenvalue weighted by molar-refractivity contribution is 0.187. The van der Waals surface area contributed by atoms with Gasteiger partial charge in [-0.05, 0) is 19.9 Å². The molecule has 0 radical (unpaired) electrons. The molecule has 1 aliphatic heterocycles. The minimum Gasteiger partial charge on any atom is -0.392 e. The Bertz CT molecular complexity index is 167. The van der Waals surface area contributed by atoms with Crippen LogP contribution < -0.4 is 16.0 Å². The second kappa shape index (κ2) is 5.04. The molecule has 1 saturated heterocycles. The Kier molecular flexibility index (Phi) is 3.98. The van der Waals surface area contributed by atoms with Gasteiger partial charge in [-0.15, -0.1) is 0 Å². The topological polar surface area (TPSA) is 73.4 Å². The third kappa shape index (κ3) is 4.10. The Hall–Kier alpha value is -0.810. The van der Waals surface area contributed by atoms with E-state index in [0.29, 0.717) is 6.54 Å². The molecule has 0 aliphatic carbocycles. The number of nitrogens with one attached hydrogen (secondary N) is 3. The van der Waals surface area contributed by atoms with E-state index in [1.165, 1.54) is 0 Å². The van der Waals surface area contributed by atoms with E-state index in [9.17, 15) is 4.79 Å². The van der Waals surface area contributed by atoms with Crippen LogP contribution >= 0.6 is 0 Å². The van der Waals surface area contributed by atoms with Crippen LogP contribution in [0.2, 0.25) is 0 Å². The van der Waals surface area contributed by atoms with Crippen molar-refractivity contribution in [3.63, 3.8) is 0 Å². The number of hydrogen-bond acceptors (Lipinski definition) is 3. The number of aliphatic hydroxyl groups excluding tert-OH is 1. The van der Waals surface area contributed by atoms with Gasteiger partial charge in [0.15, 0.2) is 0 Å². The van der Waals surface area contributed by atoms with Crippen molar-refractivity contribution in [1.82, 2.24) is 16.0 Å². The quantitative estimate of drug-likeness (QED) is 0.459. The van der Waals surface area contributed by atoms with Crippen LogP contribution in [-0.4, -0.2) is 42.9 Å². The van der Waals surface area contributed by atoms with Gasteiger partial charge in [0.25, 0.3) is 0 Å². The van der Waals surface area contributed by atoms with Gasteiger partial charge < -0.3 is 21.1 Å². The summed E-state index contributed by atoms with van der Waals surface area (Å²) >= 11 is 0. The lowest BCUT2D eigenvalue weighted by atomic mass is 10.3. The summed E-state index contributed by atoms with van der Waals surface area (Å²) in [6.07, 6.45) is 0.481. The molecule has 2 atom stereocenters. The third-order valence-electron chi connectivity index (χ3n) is 1.95. The van der Waals surface area contributed by atoms with Gasteiger partial charge in [-0.3, -0.25) is 0 Å². The first-order valence-corrected chi connectivity index (χ1v) is 4.61. The minimum absolute atomic E-state index is 0.199. The summed E-state index contributed by atoms with van der Waals surface area (Å²) in [5, 5.41) is 17.4. The maximum Gasteiger partial charge on any atom is 0.315 e. The molecule has 76 valence electrons. The Balaban J connectivity index is 2.09. The number of carbonyl (C=O) groups is 1. The maximum atomic E-state index is 11.1. The molecule has 13 heavy (non-hydrogen) atoms. The van der Waals surface area contributed by atoms with Crippen LogP contribution in [0.3, 0.4) is 0 Å². The summed E-state index contributed by atoms with van der Waals surface area (Å²) in [6.45, 7) is 3.73. The molecule has 0 bridgehead atoms. The predicted molar refractivity (Wildman–Crippen MR) is 49.5 cm³/mol. The smallest absolute Gasteiger partial charge is 0.315 e. The third-order valence-corrected chi connectivity index (χ3v) is 1.95. The zero-order chi connectivity index (χ0) is 9.68. The fourth-order valence-electron chi connectivity index (χ4n) is 1.25. The van der Waals surface area contributed by atoms with E-state index in [4.69, 9.17) is 5.11 Å². The van der Waals surface area contributed by atoms with Crippen LogP contribution in [0.1, 0.15) is 13.3 Å². The molecular formula is C8H17N3O2. The predicted octanol–water partition coefficient (Wildman–Crippen LogP) is -0.972.